The topological polar surface area (TPSA) is 95.6 Å². The lowest BCUT2D eigenvalue weighted by atomic mass is 9.97. The van der Waals surface area contributed by atoms with Crippen LogP contribution in [-0.4, -0.2) is 37.6 Å². The van der Waals surface area contributed by atoms with Gasteiger partial charge in [-0.05, 0) is 56.0 Å². The average Bonchev–Trinajstić information content (AvgIpc) is 3.08. The van der Waals surface area contributed by atoms with Crippen LogP contribution >= 0.6 is 0 Å². The molecule has 7 nitrogen and oxygen atoms in total. The van der Waals surface area contributed by atoms with E-state index in [0.29, 0.717) is 48.6 Å². The Balaban J connectivity index is 1.40. The Labute approximate surface area is 176 Å². The molecule has 2 aliphatic heterocycles. The van der Waals surface area contributed by atoms with Crippen LogP contribution in [0.4, 0.5) is 5.69 Å². The number of nitrogens with zero attached hydrogens (tertiary/aromatic N) is 1. The summed E-state index contributed by atoms with van der Waals surface area (Å²) < 4.78 is 27.5. The molecule has 0 radical (unpaired) electrons. The number of amides is 2. The van der Waals surface area contributed by atoms with Crippen molar-refractivity contribution in [3.63, 3.8) is 0 Å². The minimum Gasteiger partial charge on any atom is -0.348 e. The van der Waals surface area contributed by atoms with E-state index >= 15 is 0 Å². The molecule has 8 heteroatoms. The average molecular weight is 428 g/mol. The first-order chi connectivity index (χ1) is 14.3. The highest BCUT2D eigenvalue weighted by atomic mass is 32.2. The minimum atomic E-state index is -3.57. The standard InChI is InChI=1S/C22H25N3O4S/c1-14-3-6-20(15(2)11-14)30(28,29)25-9-7-16(8-10-25)21(26)24-18-5-4-17-13-23-22(27)19(17)12-18/h3-6,11-12,16H,7-10,13H2,1-2H3,(H,23,27)(H,24,26). The zero-order valence-corrected chi connectivity index (χ0v) is 17.9. The molecule has 2 amide bonds. The van der Waals surface area contributed by atoms with Crippen molar-refractivity contribution >= 4 is 27.5 Å². The number of nitrogens with one attached hydrogen (secondary N) is 2. The highest BCUT2D eigenvalue weighted by molar-refractivity contribution is 7.89. The molecule has 30 heavy (non-hydrogen) atoms. The summed E-state index contributed by atoms with van der Waals surface area (Å²) in [5.74, 6) is -0.541. The molecule has 0 bridgehead atoms. The van der Waals surface area contributed by atoms with Gasteiger partial charge in [0.1, 0.15) is 0 Å². The van der Waals surface area contributed by atoms with E-state index in [1.54, 1.807) is 31.2 Å². The number of fused-ring (bicyclic) bond motifs is 1. The molecule has 2 aromatic carbocycles. The van der Waals surface area contributed by atoms with Crippen LogP contribution in [0.15, 0.2) is 41.3 Å². The number of hydrogen-bond donors (Lipinski definition) is 2. The molecule has 2 aromatic rings. The van der Waals surface area contributed by atoms with Crippen LogP contribution in [0.2, 0.25) is 0 Å². The van der Waals surface area contributed by atoms with Gasteiger partial charge in [0.15, 0.2) is 0 Å². The lowest BCUT2D eigenvalue weighted by molar-refractivity contribution is -0.120. The molecule has 0 aromatic heterocycles. The van der Waals surface area contributed by atoms with Gasteiger partial charge in [-0.2, -0.15) is 4.31 Å². The summed E-state index contributed by atoms with van der Waals surface area (Å²) in [6, 6.07) is 10.6. The second-order valence-electron chi connectivity index (χ2n) is 7.99. The fourth-order valence-electron chi connectivity index (χ4n) is 4.12. The van der Waals surface area contributed by atoms with Crippen molar-refractivity contribution < 1.29 is 18.0 Å². The summed E-state index contributed by atoms with van der Waals surface area (Å²) in [5.41, 5.74) is 3.84. The molecule has 0 aliphatic carbocycles. The summed E-state index contributed by atoms with van der Waals surface area (Å²) in [6.07, 6.45) is 0.919. The molecular formula is C22H25N3O4S. The van der Waals surface area contributed by atoms with E-state index in [-0.39, 0.29) is 17.7 Å². The first kappa shape index (κ1) is 20.6. The van der Waals surface area contributed by atoms with Crippen LogP contribution < -0.4 is 10.6 Å². The highest BCUT2D eigenvalue weighted by Gasteiger charge is 2.33. The molecule has 2 aliphatic rings. The number of piperidine rings is 1. The van der Waals surface area contributed by atoms with E-state index in [0.717, 1.165) is 16.7 Å². The molecule has 2 N–H and O–H groups in total. The number of carbonyl (C=O) groups excluding carboxylic acids is 2. The number of aryl methyl sites for hydroxylation is 2. The predicted molar refractivity (Wildman–Crippen MR) is 114 cm³/mol. The number of hydrogen-bond acceptors (Lipinski definition) is 4. The summed E-state index contributed by atoms with van der Waals surface area (Å²) in [5, 5.41) is 5.63. The summed E-state index contributed by atoms with van der Waals surface area (Å²) >= 11 is 0. The van der Waals surface area contributed by atoms with Crippen molar-refractivity contribution in [1.82, 2.24) is 9.62 Å². The third-order valence-electron chi connectivity index (χ3n) is 5.83. The Hall–Kier alpha value is -2.71. The van der Waals surface area contributed by atoms with Crippen molar-refractivity contribution in [3.05, 3.63) is 58.7 Å². The quantitative estimate of drug-likeness (QED) is 0.784. The van der Waals surface area contributed by atoms with Crippen LogP contribution in [0, 0.1) is 19.8 Å². The molecular weight excluding hydrogens is 402 g/mol. The molecule has 0 atom stereocenters. The van der Waals surface area contributed by atoms with Gasteiger partial charge in [-0.3, -0.25) is 9.59 Å². The van der Waals surface area contributed by atoms with Crippen LogP contribution in [0.3, 0.4) is 0 Å². The van der Waals surface area contributed by atoms with Crippen LogP contribution in [0.1, 0.15) is 39.9 Å². The van der Waals surface area contributed by atoms with Crippen LogP contribution in [0.25, 0.3) is 0 Å². The fourth-order valence-corrected chi connectivity index (χ4v) is 5.80. The van der Waals surface area contributed by atoms with Crippen LogP contribution in [-0.2, 0) is 21.4 Å². The maximum atomic E-state index is 13.0. The minimum absolute atomic E-state index is 0.133. The van der Waals surface area contributed by atoms with Crippen molar-refractivity contribution in [2.45, 2.75) is 38.1 Å². The number of carbonyl (C=O) groups is 2. The smallest absolute Gasteiger partial charge is 0.251 e. The zero-order valence-electron chi connectivity index (χ0n) is 17.1. The normalized spacial score (nSPS) is 17.5. The van der Waals surface area contributed by atoms with Crippen molar-refractivity contribution in [2.24, 2.45) is 5.92 Å². The number of rotatable bonds is 4. The maximum absolute atomic E-state index is 13.0. The molecule has 0 saturated carbocycles. The van der Waals surface area contributed by atoms with Gasteiger partial charge in [-0.1, -0.05) is 23.8 Å². The van der Waals surface area contributed by atoms with Gasteiger partial charge in [-0.15, -0.1) is 0 Å². The molecule has 2 heterocycles. The Morgan fingerprint density at radius 3 is 2.53 bits per heavy atom. The van der Waals surface area contributed by atoms with Gasteiger partial charge in [0.05, 0.1) is 4.90 Å². The molecule has 158 valence electrons. The summed E-state index contributed by atoms with van der Waals surface area (Å²) in [7, 11) is -3.57. The van der Waals surface area contributed by atoms with Gasteiger partial charge in [0, 0.05) is 36.8 Å². The fraction of sp³-hybridized carbons (Fsp3) is 0.364. The van der Waals surface area contributed by atoms with E-state index in [4.69, 9.17) is 0 Å². The van der Waals surface area contributed by atoms with E-state index in [1.807, 2.05) is 19.1 Å². The van der Waals surface area contributed by atoms with Crippen molar-refractivity contribution in [1.29, 1.82) is 0 Å². The van der Waals surface area contributed by atoms with E-state index < -0.39 is 10.0 Å². The molecule has 0 spiro atoms. The van der Waals surface area contributed by atoms with Gasteiger partial charge >= 0.3 is 0 Å². The van der Waals surface area contributed by atoms with Crippen LogP contribution in [0.5, 0.6) is 0 Å². The van der Waals surface area contributed by atoms with Crippen molar-refractivity contribution in [3.8, 4) is 0 Å². The Morgan fingerprint density at radius 2 is 1.83 bits per heavy atom. The maximum Gasteiger partial charge on any atom is 0.251 e. The van der Waals surface area contributed by atoms with Gasteiger partial charge in [-0.25, -0.2) is 8.42 Å². The van der Waals surface area contributed by atoms with E-state index in [1.165, 1.54) is 4.31 Å². The molecule has 0 unspecified atom stereocenters. The van der Waals surface area contributed by atoms with Crippen molar-refractivity contribution in [2.75, 3.05) is 18.4 Å². The summed E-state index contributed by atoms with van der Waals surface area (Å²) in [6.45, 7) is 4.86. The second kappa shape index (κ2) is 7.85. The van der Waals surface area contributed by atoms with E-state index in [9.17, 15) is 18.0 Å². The Bertz CT molecular complexity index is 1120. The number of sulfonamides is 1. The molecule has 4 rings (SSSR count). The third-order valence-corrected chi connectivity index (χ3v) is 7.89. The van der Waals surface area contributed by atoms with Gasteiger partial charge in [0.2, 0.25) is 15.9 Å². The predicted octanol–water partition coefficient (Wildman–Crippen LogP) is 2.59. The Morgan fingerprint density at radius 1 is 1.10 bits per heavy atom. The monoisotopic (exact) mass is 427 g/mol. The number of anilines is 1. The number of benzene rings is 2. The highest BCUT2D eigenvalue weighted by Crippen LogP contribution is 2.27. The van der Waals surface area contributed by atoms with Gasteiger partial charge < -0.3 is 10.6 Å². The molecule has 1 fully saturated rings. The zero-order chi connectivity index (χ0) is 21.5. The largest absolute Gasteiger partial charge is 0.348 e. The third kappa shape index (κ3) is 3.85. The Kier molecular flexibility index (Phi) is 5.38. The molecule has 1 saturated heterocycles. The second-order valence-corrected chi connectivity index (χ2v) is 9.90. The lowest BCUT2D eigenvalue weighted by Gasteiger charge is -2.31. The first-order valence-corrected chi connectivity index (χ1v) is 11.5. The van der Waals surface area contributed by atoms with Gasteiger partial charge in [0.25, 0.3) is 5.91 Å². The SMILES string of the molecule is Cc1ccc(S(=O)(=O)N2CCC(C(=O)Nc3ccc4c(c3)C(=O)NC4)CC2)c(C)c1. The lowest BCUT2D eigenvalue weighted by Crippen LogP contribution is -2.41. The summed E-state index contributed by atoms with van der Waals surface area (Å²) in [4.78, 5) is 24.8. The first-order valence-electron chi connectivity index (χ1n) is 10.0. The van der Waals surface area contributed by atoms with E-state index in [2.05, 4.69) is 10.6 Å².